The highest BCUT2D eigenvalue weighted by molar-refractivity contribution is 5.76. The minimum Gasteiger partial charge on any atom is -0.507 e. The van der Waals surface area contributed by atoms with E-state index in [0.717, 1.165) is 16.7 Å². The summed E-state index contributed by atoms with van der Waals surface area (Å²) in [7, 11) is 0. The number of aryl methyl sites for hydroxylation is 1. The number of nitrogens with two attached hydrogens (primary N) is 1. The monoisotopic (exact) mass is 306 g/mol. The predicted molar refractivity (Wildman–Crippen MR) is 91.0 cm³/mol. The van der Waals surface area contributed by atoms with Crippen LogP contribution >= 0.6 is 0 Å². The lowest BCUT2D eigenvalue weighted by Gasteiger charge is -2.28. The summed E-state index contributed by atoms with van der Waals surface area (Å²) >= 11 is 0. The van der Waals surface area contributed by atoms with E-state index in [-0.39, 0.29) is 23.4 Å². The quantitative estimate of drug-likeness (QED) is 0.749. The Morgan fingerprint density at radius 3 is 1.91 bits per heavy atom. The summed E-state index contributed by atoms with van der Waals surface area (Å²) < 4.78 is 0. The highest BCUT2D eigenvalue weighted by Gasteiger charge is 2.26. The molecule has 0 saturated carbocycles. The van der Waals surface area contributed by atoms with Crippen LogP contribution in [0.3, 0.4) is 0 Å². The molecule has 0 fully saturated rings. The highest BCUT2D eigenvalue weighted by Crippen LogP contribution is 2.39. The molecular formula is C18H30N2O2. The van der Waals surface area contributed by atoms with Gasteiger partial charge in [-0.2, -0.15) is 0 Å². The Hall–Kier alpha value is -1.55. The third kappa shape index (κ3) is 4.73. The summed E-state index contributed by atoms with van der Waals surface area (Å²) in [6.07, 6.45) is 1.04. The van der Waals surface area contributed by atoms with Crippen LogP contribution in [0.15, 0.2) is 12.1 Å². The van der Waals surface area contributed by atoms with Crippen LogP contribution in [0.1, 0.15) is 64.7 Å². The fraction of sp³-hybridized carbons (Fsp3) is 0.611. The molecule has 0 atom stereocenters. The van der Waals surface area contributed by atoms with Crippen LogP contribution in [0.4, 0.5) is 0 Å². The summed E-state index contributed by atoms with van der Waals surface area (Å²) in [6, 6.07) is 4.03. The van der Waals surface area contributed by atoms with E-state index >= 15 is 0 Å². The van der Waals surface area contributed by atoms with Crippen molar-refractivity contribution in [2.24, 2.45) is 5.73 Å². The average molecular weight is 306 g/mol. The molecule has 0 saturated heterocycles. The molecule has 0 bridgehead atoms. The first kappa shape index (κ1) is 18.5. The normalized spacial score (nSPS) is 12.3. The number of aromatic hydroxyl groups is 1. The molecule has 0 unspecified atom stereocenters. The van der Waals surface area contributed by atoms with Crippen LogP contribution < -0.4 is 11.1 Å². The SMILES string of the molecule is CC(C)(C)c1cc(CCC(=O)NCN)cc(C(C)(C)C)c1O. The number of amides is 1. The van der Waals surface area contributed by atoms with Gasteiger partial charge in [-0.3, -0.25) is 4.79 Å². The Morgan fingerprint density at radius 1 is 1.09 bits per heavy atom. The minimum absolute atomic E-state index is 0.0507. The molecule has 1 aromatic carbocycles. The van der Waals surface area contributed by atoms with Gasteiger partial charge in [-0.25, -0.2) is 0 Å². The Bertz CT molecular complexity index is 502. The third-order valence-electron chi connectivity index (χ3n) is 3.73. The molecule has 4 nitrogen and oxygen atoms in total. The number of carbonyl (C=O) groups excluding carboxylic acids is 1. The van der Waals surface area contributed by atoms with E-state index in [2.05, 4.69) is 46.9 Å². The predicted octanol–water partition coefficient (Wildman–Crippen LogP) is 2.95. The molecule has 1 amide bonds. The minimum atomic E-state index is -0.153. The standard InChI is InChI=1S/C18H30N2O2/c1-17(2,3)13-9-12(7-8-15(21)20-11-19)10-14(16(13)22)18(4,5)6/h9-10,22H,7-8,11,19H2,1-6H3,(H,20,21). The summed E-state index contributed by atoms with van der Waals surface area (Å²) in [5, 5.41) is 13.3. The molecule has 0 spiro atoms. The van der Waals surface area contributed by atoms with Crippen molar-refractivity contribution in [1.29, 1.82) is 0 Å². The molecule has 0 aliphatic carbocycles. The van der Waals surface area contributed by atoms with E-state index in [9.17, 15) is 9.90 Å². The topological polar surface area (TPSA) is 75.4 Å². The molecule has 0 heterocycles. The van der Waals surface area contributed by atoms with Gasteiger partial charge in [-0.15, -0.1) is 0 Å². The van der Waals surface area contributed by atoms with Crippen LogP contribution in [0.5, 0.6) is 5.75 Å². The lowest BCUT2D eigenvalue weighted by Crippen LogP contribution is -2.29. The Morgan fingerprint density at radius 2 is 1.55 bits per heavy atom. The lowest BCUT2D eigenvalue weighted by molar-refractivity contribution is -0.121. The first-order chi connectivity index (χ1) is 9.96. The number of rotatable bonds is 4. The Balaban J connectivity index is 3.21. The van der Waals surface area contributed by atoms with Crippen molar-refractivity contribution in [1.82, 2.24) is 5.32 Å². The Kier molecular flexibility index (Phi) is 5.63. The molecule has 1 rings (SSSR count). The van der Waals surface area contributed by atoms with E-state index < -0.39 is 0 Å². The lowest BCUT2D eigenvalue weighted by atomic mass is 9.78. The fourth-order valence-electron chi connectivity index (χ4n) is 2.44. The van der Waals surface area contributed by atoms with Crippen molar-refractivity contribution < 1.29 is 9.90 Å². The molecule has 4 N–H and O–H groups in total. The maximum absolute atomic E-state index is 11.6. The molecule has 124 valence electrons. The summed E-state index contributed by atoms with van der Waals surface area (Å²) in [5.41, 5.74) is 7.93. The van der Waals surface area contributed by atoms with Gasteiger partial charge in [-0.1, -0.05) is 53.7 Å². The highest BCUT2D eigenvalue weighted by atomic mass is 16.3. The maximum Gasteiger partial charge on any atom is 0.221 e. The van der Waals surface area contributed by atoms with E-state index in [1.807, 2.05) is 12.1 Å². The second-order valence-electron chi connectivity index (χ2n) is 7.84. The second kappa shape index (κ2) is 6.69. The van der Waals surface area contributed by atoms with Gasteiger partial charge in [0, 0.05) is 6.42 Å². The van der Waals surface area contributed by atoms with Gasteiger partial charge >= 0.3 is 0 Å². The zero-order valence-electron chi connectivity index (χ0n) is 14.7. The molecule has 4 heteroatoms. The van der Waals surface area contributed by atoms with Gasteiger partial charge in [0.2, 0.25) is 5.91 Å². The number of nitrogens with one attached hydrogen (secondary N) is 1. The average Bonchev–Trinajstić information content (AvgIpc) is 2.35. The zero-order chi connectivity index (χ0) is 17.1. The molecule has 1 aromatic rings. The molecule has 0 aliphatic heterocycles. The Labute approximate surface area is 134 Å². The zero-order valence-corrected chi connectivity index (χ0v) is 14.7. The van der Waals surface area contributed by atoms with E-state index in [1.54, 1.807) is 0 Å². The first-order valence-electron chi connectivity index (χ1n) is 7.80. The van der Waals surface area contributed by atoms with Crippen LogP contribution in [-0.4, -0.2) is 17.7 Å². The van der Waals surface area contributed by atoms with Crippen LogP contribution in [0, 0.1) is 0 Å². The largest absolute Gasteiger partial charge is 0.507 e. The number of phenolic OH excluding ortho intramolecular Hbond substituents is 1. The molecule has 0 radical (unpaired) electrons. The van der Waals surface area contributed by atoms with Crippen molar-refractivity contribution in [3.8, 4) is 5.75 Å². The van der Waals surface area contributed by atoms with Gasteiger partial charge in [0.25, 0.3) is 0 Å². The van der Waals surface area contributed by atoms with Crippen molar-refractivity contribution >= 4 is 5.91 Å². The summed E-state index contributed by atoms with van der Waals surface area (Å²) in [4.78, 5) is 11.6. The van der Waals surface area contributed by atoms with Crippen LogP contribution in [0.25, 0.3) is 0 Å². The smallest absolute Gasteiger partial charge is 0.221 e. The summed E-state index contributed by atoms with van der Waals surface area (Å²) in [5.74, 6) is 0.320. The van der Waals surface area contributed by atoms with E-state index in [4.69, 9.17) is 5.73 Å². The van der Waals surface area contributed by atoms with Gasteiger partial charge in [-0.05, 0) is 33.9 Å². The number of phenols is 1. The maximum atomic E-state index is 11.6. The fourth-order valence-corrected chi connectivity index (χ4v) is 2.44. The third-order valence-corrected chi connectivity index (χ3v) is 3.73. The number of benzene rings is 1. The molecule has 0 aliphatic rings. The van der Waals surface area contributed by atoms with Crippen molar-refractivity contribution in [3.05, 3.63) is 28.8 Å². The van der Waals surface area contributed by atoms with Gasteiger partial charge in [0.15, 0.2) is 0 Å². The number of carbonyl (C=O) groups is 1. The number of hydrogen-bond acceptors (Lipinski definition) is 3. The number of hydrogen-bond donors (Lipinski definition) is 3. The first-order valence-corrected chi connectivity index (χ1v) is 7.80. The molecule has 22 heavy (non-hydrogen) atoms. The van der Waals surface area contributed by atoms with Crippen LogP contribution in [0.2, 0.25) is 0 Å². The molecule has 0 aromatic heterocycles. The van der Waals surface area contributed by atoms with Crippen molar-refractivity contribution in [3.63, 3.8) is 0 Å². The van der Waals surface area contributed by atoms with E-state index in [1.165, 1.54) is 0 Å². The molecular weight excluding hydrogens is 276 g/mol. The van der Waals surface area contributed by atoms with Gasteiger partial charge in [0.1, 0.15) is 5.75 Å². The van der Waals surface area contributed by atoms with Crippen molar-refractivity contribution in [2.75, 3.05) is 6.67 Å². The summed E-state index contributed by atoms with van der Waals surface area (Å²) in [6.45, 7) is 12.7. The van der Waals surface area contributed by atoms with Crippen LogP contribution in [-0.2, 0) is 22.0 Å². The van der Waals surface area contributed by atoms with Gasteiger partial charge < -0.3 is 16.2 Å². The second-order valence-corrected chi connectivity index (χ2v) is 7.84. The van der Waals surface area contributed by atoms with Crippen molar-refractivity contribution in [2.45, 2.75) is 65.2 Å². The van der Waals surface area contributed by atoms with Gasteiger partial charge in [0.05, 0.1) is 6.67 Å². The van der Waals surface area contributed by atoms with E-state index in [0.29, 0.717) is 18.6 Å².